The van der Waals surface area contributed by atoms with E-state index in [0.29, 0.717) is 12.0 Å². The van der Waals surface area contributed by atoms with Crippen LogP contribution in [0.2, 0.25) is 0 Å². The summed E-state index contributed by atoms with van der Waals surface area (Å²) in [5, 5.41) is 2.76. The van der Waals surface area contributed by atoms with E-state index in [2.05, 4.69) is 5.32 Å². The highest BCUT2D eigenvalue weighted by Gasteiger charge is 2.14. The van der Waals surface area contributed by atoms with Crippen LogP contribution < -0.4 is 5.32 Å². The molecule has 0 saturated carbocycles. The molecule has 13 heavy (non-hydrogen) atoms. The van der Waals surface area contributed by atoms with Crippen molar-refractivity contribution in [3.8, 4) is 0 Å². The highest BCUT2D eigenvalue weighted by Crippen LogP contribution is 2.22. The first-order valence-corrected chi connectivity index (χ1v) is 4.17. The van der Waals surface area contributed by atoms with Crippen molar-refractivity contribution in [3.05, 3.63) is 29.3 Å². The minimum atomic E-state index is 0. The molecule has 1 heterocycles. The van der Waals surface area contributed by atoms with Crippen molar-refractivity contribution in [2.24, 2.45) is 0 Å². The van der Waals surface area contributed by atoms with E-state index in [9.17, 15) is 9.59 Å². The zero-order valence-corrected chi connectivity index (χ0v) is 7.04. The molecule has 68 valence electrons. The lowest BCUT2D eigenvalue weighted by Gasteiger charge is -2.16. The van der Waals surface area contributed by atoms with Crippen LogP contribution in [0.3, 0.4) is 0 Å². The fraction of sp³-hybridized carbons (Fsp3) is 0.200. The normalized spacial score (nSPS) is 14.6. The van der Waals surface area contributed by atoms with Crippen molar-refractivity contribution in [2.75, 3.05) is 5.32 Å². The minimum Gasteiger partial charge on any atom is -0.326 e. The number of amides is 1. The van der Waals surface area contributed by atoms with Crippen molar-refractivity contribution in [3.63, 3.8) is 0 Å². The highest BCUT2D eigenvalue weighted by molar-refractivity contribution is 5.94. The molecule has 1 aliphatic heterocycles. The van der Waals surface area contributed by atoms with Gasteiger partial charge in [0.15, 0.2) is 0 Å². The minimum absolute atomic E-state index is 0. The third kappa shape index (κ3) is 1.45. The maximum absolute atomic E-state index is 11.0. The molecule has 0 saturated heterocycles. The van der Waals surface area contributed by atoms with Gasteiger partial charge in [0.25, 0.3) is 0 Å². The molecule has 0 bridgehead atoms. The van der Waals surface area contributed by atoms with Crippen molar-refractivity contribution in [2.45, 2.75) is 12.8 Å². The molecule has 1 amide bonds. The number of nitrogens with one attached hydrogen (secondary N) is 1. The predicted octanol–water partition coefficient (Wildman–Crippen LogP) is 1.63. The van der Waals surface area contributed by atoms with Crippen LogP contribution in [-0.4, -0.2) is 12.2 Å². The van der Waals surface area contributed by atoms with Crippen molar-refractivity contribution in [1.29, 1.82) is 0 Å². The summed E-state index contributed by atoms with van der Waals surface area (Å²) in [7, 11) is 0. The molecule has 3 heteroatoms. The Morgan fingerprint density at radius 1 is 1.38 bits per heavy atom. The number of carbonyl (C=O) groups excluding carboxylic acids is 2. The molecule has 0 unspecified atom stereocenters. The number of aryl methyl sites for hydroxylation is 1. The lowest BCUT2D eigenvalue weighted by Crippen LogP contribution is -2.18. The van der Waals surface area contributed by atoms with Gasteiger partial charge in [0.2, 0.25) is 5.91 Å². The van der Waals surface area contributed by atoms with Gasteiger partial charge in [-0.3, -0.25) is 9.59 Å². The summed E-state index contributed by atoms with van der Waals surface area (Å²) in [6, 6.07) is 5.30. The quantitative estimate of drug-likeness (QED) is 0.662. The number of aldehydes is 1. The van der Waals surface area contributed by atoms with E-state index in [1.165, 1.54) is 0 Å². The summed E-state index contributed by atoms with van der Waals surface area (Å²) in [5.74, 6) is 0.0475. The van der Waals surface area contributed by atoms with Crippen molar-refractivity contribution in [1.82, 2.24) is 0 Å². The Morgan fingerprint density at radius 3 is 3.00 bits per heavy atom. The van der Waals surface area contributed by atoms with E-state index in [1.54, 1.807) is 12.1 Å². The highest BCUT2D eigenvalue weighted by atomic mass is 16.1. The number of anilines is 1. The number of fused-ring (bicyclic) bond motifs is 1. The first-order chi connectivity index (χ1) is 6.29. The topological polar surface area (TPSA) is 46.2 Å². The van der Waals surface area contributed by atoms with Gasteiger partial charge < -0.3 is 5.32 Å². The van der Waals surface area contributed by atoms with Crippen LogP contribution in [0.5, 0.6) is 0 Å². The molecule has 1 aromatic carbocycles. The Hall–Kier alpha value is -1.64. The average molecular weight is 177 g/mol. The zero-order valence-electron chi connectivity index (χ0n) is 7.04. The van der Waals surface area contributed by atoms with E-state index in [1.807, 2.05) is 6.07 Å². The molecule has 0 radical (unpaired) electrons. The Balaban J connectivity index is 0.000000980. The van der Waals surface area contributed by atoms with Gasteiger partial charge in [0, 0.05) is 19.1 Å². The summed E-state index contributed by atoms with van der Waals surface area (Å²) in [6.07, 6.45) is 2.05. The predicted molar refractivity (Wildman–Crippen MR) is 50.9 cm³/mol. The molecule has 1 aromatic rings. The average Bonchev–Trinajstić information content (AvgIpc) is 2.17. The van der Waals surface area contributed by atoms with E-state index in [0.717, 1.165) is 24.0 Å². The fourth-order valence-electron chi connectivity index (χ4n) is 1.48. The van der Waals surface area contributed by atoms with Gasteiger partial charge in [-0.15, -0.1) is 0 Å². The summed E-state index contributed by atoms with van der Waals surface area (Å²) in [4.78, 5) is 21.5. The van der Waals surface area contributed by atoms with Gasteiger partial charge in [-0.25, -0.2) is 0 Å². The van der Waals surface area contributed by atoms with Crippen LogP contribution in [0.4, 0.5) is 5.69 Å². The lowest BCUT2D eigenvalue weighted by atomic mass is 10.0. The van der Waals surface area contributed by atoms with Gasteiger partial charge in [0.1, 0.15) is 6.29 Å². The standard InChI is InChI=1S/C10H9NO2.H2/c12-6-7-1-3-9-8(5-7)2-4-10(13)11-9;/h1,3,5-6H,2,4H2,(H,11,13);1H. The van der Waals surface area contributed by atoms with Crippen molar-refractivity contribution >= 4 is 17.9 Å². The molecule has 0 aliphatic carbocycles. The lowest BCUT2D eigenvalue weighted by molar-refractivity contribution is -0.116. The Kier molecular flexibility index (Phi) is 1.85. The number of rotatable bonds is 1. The van der Waals surface area contributed by atoms with Crippen LogP contribution in [0.1, 0.15) is 23.8 Å². The second kappa shape index (κ2) is 3.01. The molecule has 0 atom stereocenters. The van der Waals surface area contributed by atoms with E-state index in [4.69, 9.17) is 0 Å². The van der Waals surface area contributed by atoms with Gasteiger partial charge in [-0.2, -0.15) is 0 Å². The first kappa shape index (κ1) is 7.98. The van der Waals surface area contributed by atoms with Crippen LogP contribution in [0.15, 0.2) is 18.2 Å². The fourth-order valence-corrected chi connectivity index (χ4v) is 1.48. The number of benzene rings is 1. The molecular formula is C10H11NO2. The van der Waals surface area contributed by atoms with E-state index < -0.39 is 0 Å². The number of hydrogen-bond donors (Lipinski definition) is 1. The molecule has 0 fully saturated rings. The molecule has 0 aromatic heterocycles. The number of hydrogen-bond acceptors (Lipinski definition) is 2. The van der Waals surface area contributed by atoms with Crippen LogP contribution in [-0.2, 0) is 11.2 Å². The molecule has 1 N–H and O–H groups in total. The SMILES string of the molecule is O=Cc1ccc2c(c1)CCC(=O)N2.[HH]. The largest absolute Gasteiger partial charge is 0.326 e. The third-order valence-corrected chi connectivity index (χ3v) is 2.16. The maximum Gasteiger partial charge on any atom is 0.224 e. The van der Waals surface area contributed by atoms with Crippen LogP contribution in [0, 0.1) is 0 Å². The maximum atomic E-state index is 11.0. The summed E-state index contributed by atoms with van der Waals surface area (Å²) >= 11 is 0. The second-order valence-corrected chi connectivity index (χ2v) is 3.08. The Bertz CT molecular complexity index is 376. The monoisotopic (exact) mass is 177 g/mol. The van der Waals surface area contributed by atoms with Gasteiger partial charge >= 0.3 is 0 Å². The van der Waals surface area contributed by atoms with Crippen LogP contribution in [0.25, 0.3) is 0 Å². The molecule has 0 spiro atoms. The van der Waals surface area contributed by atoms with Crippen LogP contribution >= 0.6 is 0 Å². The Morgan fingerprint density at radius 2 is 2.23 bits per heavy atom. The summed E-state index contributed by atoms with van der Waals surface area (Å²) in [6.45, 7) is 0. The van der Waals surface area contributed by atoms with E-state index in [-0.39, 0.29) is 7.33 Å². The van der Waals surface area contributed by atoms with Gasteiger partial charge in [-0.1, -0.05) is 0 Å². The smallest absolute Gasteiger partial charge is 0.224 e. The molecular weight excluding hydrogens is 166 g/mol. The van der Waals surface area contributed by atoms with E-state index >= 15 is 0 Å². The number of carbonyl (C=O) groups is 2. The summed E-state index contributed by atoms with van der Waals surface area (Å²) in [5.41, 5.74) is 2.54. The first-order valence-electron chi connectivity index (χ1n) is 4.17. The molecule has 3 nitrogen and oxygen atoms in total. The Labute approximate surface area is 77.2 Å². The molecule has 2 rings (SSSR count). The van der Waals surface area contributed by atoms with Gasteiger partial charge in [0.05, 0.1) is 0 Å². The van der Waals surface area contributed by atoms with Gasteiger partial charge in [-0.05, 0) is 30.2 Å². The second-order valence-electron chi connectivity index (χ2n) is 3.08. The van der Waals surface area contributed by atoms with Crippen molar-refractivity contribution < 1.29 is 11.0 Å². The third-order valence-electron chi connectivity index (χ3n) is 2.16. The zero-order chi connectivity index (χ0) is 9.26. The summed E-state index contributed by atoms with van der Waals surface area (Å²) < 4.78 is 0. The molecule has 1 aliphatic rings.